The molecule has 7 unspecified atom stereocenters. The monoisotopic (exact) mass is 1750 g/mol. The second-order valence-corrected chi connectivity index (χ2v) is 42.1. The molecule has 686 valence electrons. The van der Waals surface area contributed by atoms with E-state index in [0.717, 1.165) is 36.5 Å². The van der Waals surface area contributed by atoms with Gasteiger partial charge in [-0.1, -0.05) is 290 Å². The first-order chi connectivity index (χ1) is 64.4. The van der Waals surface area contributed by atoms with Crippen LogP contribution in [0.25, 0.3) is 0 Å². The minimum atomic E-state index is -0.687. The van der Waals surface area contributed by atoms with Gasteiger partial charge in [0.05, 0.1) is 46.8 Å². The first kappa shape index (κ1) is 89.2. The summed E-state index contributed by atoms with van der Waals surface area (Å²) >= 11 is 0. The molecular formula is C124H150N8. The molecule has 8 heterocycles. The van der Waals surface area contributed by atoms with E-state index in [2.05, 4.69) is 406 Å². The highest BCUT2D eigenvalue weighted by molar-refractivity contribution is 5.71. The van der Waals surface area contributed by atoms with Gasteiger partial charge in [0.15, 0.2) is 0 Å². The molecule has 0 radical (unpaired) electrons. The van der Waals surface area contributed by atoms with Crippen molar-refractivity contribution in [3.05, 3.63) is 389 Å². The summed E-state index contributed by atoms with van der Waals surface area (Å²) in [5, 5.41) is 0. The van der Waals surface area contributed by atoms with Crippen LogP contribution >= 0.6 is 0 Å². The van der Waals surface area contributed by atoms with Crippen LogP contribution in [-0.2, 0) is 5.54 Å². The van der Waals surface area contributed by atoms with E-state index in [9.17, 15) is 1.37 Å². The average molecular weight is 1750 g/mol. The van der Waals surface area contributed by atoms with Crippen LogP contribution in [0.5, 0.6) is 0 Å². The van der Waals surface area contributed by atoms with Crippen molar-refractivity contribution in [2.75, 3.05) is 19.6 Å². The van der Waals surface area contributed by atoms with Gasteiger partial charge in [0.2, 0.25) is 0 Å². The molecule has 0 amide bonds. The summed E-state index contributed by atoms with van der Waals surface area (Å²) < 4.78 is 9.80. The Labute approximate surface area is 795 Å². The molecule has 8 nitrogen and oxygen atoms in total. The van der Waals surface area contributed by atoms with E-state index in [4.69, 9.17) is 0 Å². The van der Waals surface area contributed by atoms with Crippen molar-refractivity contribution < 1.29 is 1.37 Å². The molecule has 13 aliphatic rings. The zero-order valence-corrected chi connectivity index (χ0v) is 82.9. The minimum Gasteiger partial charge on any atom is -0.339 e. The standard InChI is InChI=1S/C34H44N2.C33H42N2.C29H30N2.C28H34N2/c1-24-14-11-12-21-30(24)35-27(4)31-22-23-34(28-17-7-5-8-18-28,29-19-9-6-10-20-29)36(31)33(35)32-25(2)15-13-16-26(32)3;1-23-13-8-11-20-29(23)34-26(4)30-21-22-33(28-18-9-10-19-28,27-16-6-5-7-17-27)35(30)32(34)31-24(2)14-12-15-25(31)3;1-20-12-9-10-17-25(20)30-23(4)26-18-19-29(5,24-15-7-6-8-16-24)31(26)28(30)27-21(2)13-11-14-22(27)3;1-19-11-8-9-16-24(19)29-22(4)25-17-18-26(23-14-6-5-7-15-23)30(25)28(29)27-20(2)12-10-13-21(27)3/h11-16,21-23,28-29,33H,5-10,17-20H2,1-4H3;8,11-15,20-22,27-28,32H,5-7,9-10,16-19H2,1-4H3;6-19,28H,1-5H3;8-13,16-18,23,26,28H,5-7,14-15H2,1-4H3/i;;;26D. The van der Waals surface area contributed by atoms with E-state index < -0.39 is 6.02 Å². The summed E-state index contributed by atoms with van der Waals surface area (Å²) in [6.07, 6.45) is 52.7. The molecule has 9 aromatic rings. The summed E-state index contributed by atoms with van der Waals surface area (Å²) in [6.45, 7) is 38.8. The Balaban J connectivity index is 0.000000115. The Hall–Kier alpha value is -10.7. The third-order valence-electron chi connectivity index (χ3n) is 34.4. The molecule has 5 fully saturated rings. The predicted molar refractivity (Wildman–Crippen MR) is 555 cm³/mol. The molecule has 0 aromatic heterocycles. The first-order valence-electron chi connectivity index (χ1n) is 51.9. The molecule has 5 saturated carbocycles. The van der Waals surface area contributed by atoms with Gasteiger partial charge in [-0.3, -0.25) is 0 Å². The summed E-state index contributed by atoms with van der Waals surface area (Å²) in [4.78, 5) is 21.4. The topological polar surface area (TPSA) is 25.9 Å². The van der Waals surface area contributed by atoms with E-state index in [0.29, 0.717) is 5.92 Å². The van der Waals surface area contributed by atoms with Gasteiger partial charge in [0.25, 0.3) is 0 Å². The fourth-order valence-corrected chi connectivity index (χ4v) is 27.9. The molecule has 8 aliphatic heterocycles. The molecule has 7 atom stereocenters. The highest BCUT2D eigenvalue weighted by atomic mass is 15.5. The molecule has 22 rings (SSSR count). The number of nitrogens with zero attached hydrogens (tertiary/aromatic N) is 8. The van der Waals surface area contributed by atoms with Gasteiger partial charge in [0.1, 0.15) is 24.7 Å². The number of hydrogen-bond donors (Lipinski definition) is 0. The van der Waals surface area contributed by atoms with Crippen molar-refractivity contribution in [3.63, 3.8) is 0 Å². The molecule has 0 saturated heterocycles. The number of hydrogen-bond acceptors (Lipinski definition) is 8. The summed E-state index contributed by atoms with van der Waals surface area (Å²) in [5.74, 6) is 3.39. The number of fused-ring (bicyclic) bond motifs is 4. The van der Waals surface area contributed by atoms with Crippen LogP contribution in [0, 0.1) is 113 Å². The number of benzene rings is 9. The predicted octanol–water partition coefficient (Wildman–Crippen LogP) is 32.2. The Morgan fingerprint density at radius 2 is 0.508 bits per heavy atom. The smallest absolute Gasteiger partial charge is 0.134 e. The lowest BCUT2D eigenvalue weighted by molar-refractivity contribution is 0.00627. The second-order valence-electron chi connectivity index (χ2n) is 42.1. The normalized spacial score (nSPS) is 25.4. The van der Waals surface area contributed by atoms with Gasteiger partial charge in [-0.2, -0.15) is 0 Å². The van der Waals surface area contributed by atoms with Crippen LogP contribution in [0.2, 0.25) is 0 Å². The third kappa shape index (κ3) is 15.6. The molecule has 0 bridgehead atoms. The molecule has 132 heavy (non-hydrogen) atoms. The van der Waals surface area contributed by atoms with Gasteiger partial charge in [-0.15, -0.1) is 0 Å². The maximum Gasteiger partial charge on any atom is 0.134 e. The molecule has 8 heteroatoms. The number of allylic oxidation sites excluding steroid dienone is 8. The van der Waals surface area contributed by atoms with Gasteiger partial charge in [-0.25, -0.2) is 0 Å². The minimum absolute atomic E-state index is 0.00623. The van der Waals surface area contributed by atoms with Gasteiger partial charge >= 0.3 is 0 Å². The first-order valence-corrected chi connectivity index (χ1v) is 51.4. The summed E-state index contributed by atoms with van der Waals surface area (Å²) in [5.41, 5.74) is 39.5. The Kier molecular flexibility index (Phi) is 25.4. The fraction of sp³-hybridized carbons (Fsp3) is 0.435. The van der Waals surface area contributed by atoms with Crippen LogP contribution < -0.4 is 19.6 Å². The van der Waals surface area contributed by atoms with Crippen molar-refractivity contribution in [1.82, 2.24) is 19.6 Å². The lowest BCUT2D eigenvalue weighted by Crippen LogP contribution is -2.57. The Morgan fingerprint density at radius 1 is 0.250 bits per heavy atom. The highest BCUT2D eigenvalue weighted by Gasteiger charge is 2.61. The largest absolute Gasteiger partial charge is 0.339 e. The Morgan fingerprint density at radius 3 is 0.841 bits per heavy atom. The fourth-order valence-electron chi connectivity index (χ4n) is 27.9. The number of aryl methyl sites for hydroxylation is 12. The van der Waals surface area contributed by atoms with E-state index >= 15 is 0 Å². The average Bonchev–Trinajstić information content (AvgIpc) is 1.56. The van der Waals surface area contributed by atoms with Crippen LogP contribution in [0.3, 0.4) is 0 Å². The van der Waals surface area contributed by atoms with Crippen LogP contribution in [-0.4, -0.2) is 36.7 Å². The number of para-hydroxylation sites is 4. The SMILES string of the molecule is CC1=C2C=CC(C)(c3ccccc3)N2C(c2c(C)cccc2C)N1c1ccccc1C.CC1=C2C=CC(C3CCCCC3)(C3CCCC3)N2C(c2c(C)cccc2C)N1c1ccccc1C.CC1=C2C=CC(C3CCCCC3)(C3CCCCC3)N2C(c2c(C)cccc2C)N1c1ccccc1C.[2H]C1(C2CCCCC2)C=CC2=C(C)N(c3ccccc3C)C(c3c(C)cccc3C)N21. The van der Waals surface area contributed by atoms with Crippen molar-refractivity contribution >= 4 is 22.7 Å². The van der Waals surface area contributed by atoms with E-state index in [1.165, 1.54) is 304 Å². The summed E-state index contributed by atoms with van der Waals surface area (Å²) in [7, 11) is 0. The zero-order chi connectivity index (χ0) is 92.5. The second kappa shape index (κ2) is 37.6. The van der Waals surface area contributed by atoms with Crippen molar-refractivity contribution in [2.24, 2.45) is 29.6 Å². The molecule has 9 aromatic carbocycles. The number of anilines is 4. The van der Waals surface area contributed by atoms with Crippen molar-refractivity contribution in [3.8, 4) is 0 Å². The van der Waals surface area contributed by atoms with Crippen LogP contribution in [0.15, 0.2) is 294 Å². The zero-order valence-electron chi connectivity index (χ0n) is 83.9. The molecular weight excluding hydrogens is 1600 g/mol. The van der Waals surface area contributed by atoms with Gasteiger partial charge in [-0.05, 0) is 332 Å². The van der Waals surface area contributed by atoms with Gasteiger partial charge in [0, 0.05) is 67.8 Å². The molecule has 0 spiro atoms. The molecule has 0 N–H and O–H groups in total. The maximum absolute atomic E-state index is 9.80. The molecule has 5 aliphatic carbocycles. The van der Waals surface area contributed by atoms with Crippen LogP contribution in [0.4, 0.5) is 22.7 Å². The third-order valence-corrected chi connectivity index (χ3v) is 34.4. The van der Waals surface area contributed by atoms with Crippen LogP contribution in [0.1, 0.15) is 309 Å². The van der Waals surface area contributed by atoms with E-state index in [-0.39, 0.29) is 41.3 Å². The van der Waals surface area contributed by atoms with Gasteiger partial charge < -0.3 is 39.2 Å². The lowest BCUT2D eigenvalue weighted by Gasteiger charge is -2.54. The Bertz CT molecular complexity index is 5980. The lowest BCUT2D eigenvalue weighted by atomic mass is 9.63. The van der Waals surface area contributed by atoms with Crippen molar-refractivity contribution in [1.29, 1.82) is 0 Å². The quantitative estimate of drug-likeness (QED) is 0.106. The van der Waals surface area contributed by atoms with E-state index in [1.807, 2.05) is 0 Å². The number of rotatable bonds is 14. The van der Waals surface area contributed by atoms with Crippen molar-refractivity contribution in [2.45, 2.75) is 319 Å². The highest BCUT2D eigenvalue weighted by Crippen LogP contribution is 2.64. The maximum atomic E-state index is 9.80. The van der Waals surface area contributed by atoms with E-state index in [1.54, 1.807) is 0 Å². The summed E-state index contributed by atoms with van der Waals surface area (Å²) in [6, 6.07) is 72.7.